The molecule has 37 heavy (non-hydrogen) atoms. The molecule has 194 valence electrons. The summed E-state index contributed by atoms with van der Waals surface area (Å²) in [6, 6.07) is 13.3. The van der Waals surface area contributed by atoms with Gasteiger partial charge in [-0.05, 0) is 48.9 Å². The second-order valence-electron chi connectivity index (χ2n) is 7.96. The number of benzene rings is 2. The number of allylic oxidation sites excluding steroid dienone is 1. The number of carbonyl (C=O) groups excluding carboxylic acids is 3. The Morgan fingerprint density at radius 3 is 2.38 bits per heavy atom. The molecule has 11 heteroatoms. The zero-order valence-electron chi connectivity index (χ0n) is 20.9. The zero-order chi connectivity index (χ0) is 26.8. The average molecular weight is 524 g/mol. The molecular formula is C26H29N5O5S. The van der Waals surface area contributed by atoms with E-state index in [2.05, 4.69) is 32.1 Å². The fourth-order valence-corrected chi connectivity index (χ4v) is 4.20. The maximum absolute atomic E-state index is 12.6. The van der Waals surface area contributed by atoms with E-state index in [1.54, 1.807) is 37.5 Å². The number of thioether (sulfide) groups is 1. The first kappa shape index (κ1) is 27.5. The molecule has 1 atom stereocenters. The van der Waals surface area contributed by atoms with Gasteiger partial charge in [0.2, 0.25) is 11.8 Å². The van der Waals surface area contributed by atoms with Gasteiger partial charge in [-0.3, -0.25) is 9.59 Å². The van der Waals surface area contributed by atoms with Gasteiger partial charge in [0, 0.05) is 12.2 Å². The number of hydrogen-bond acceptors (Lipinski definition) is 8. The molecule has 0 aliphatic rings. The highest BCUT2D eigenvalue weighted by atomic mass is 32.2. The Labute approximate surface area is 219 Å². The Kier molecular flexibility index (Phi) is 9.84. The van der Waals surface area contributed by atoms with Crippen molar-refractivity contribution in [1.82, 2.24) is 20.1 Å². The van der Waals surface area contributed by atoms with E-state index < -0.39 is 12.0 Å². The summed E-state index contributed by atoms with van der Waals surface area (Å²) in [5.41, 5.74) is 1.81. The van der Waals surface area contributed by atoms with Crippen molar-refractivity contribution in [2.75, 3.05) is 25.3 Å². The van der Waals surface area contributed by atoms with Gasteiger partial charge >= 0.3 is 5.97 Å². The Morgan fingerprint density at radius 1 is 1.05 bits per heavy atom. The predicted octanol–water partition coefficient (Wildman–Crippen LogP) is 3.41. The molecule has 2 N–H and O–H groups in total. The number of aromatic nitrogens is 3. The van der Waals surface area contributed by atoms with Crippen molar-refractivity contribution >= 4 is 35.2 Å². The van der Waals surface area contributed by atoms with Crippen LogP contribution in [-0.4, -0.2) is 52.5 Å². The third kappa shape index (κ3) is 7.68. The highest BCUT2D eigenvalue weighted by Gasteiger charge is 2.20. The van der Waals surface area contributed by atoms with Crippen LogP contribution in [0.15, 0.2) is 66.3 Å². The lowest BCUT2D eigenvalue weighted by molar-refractivity contribution is -0.121. The van der Waals surface area contributed by atoms with E-state index in [1.165, 1.54) is 18.9 Å². The number of nitrogens with zero attached hydrogens (tertiary/aromatic N) is 3. The van der Waals surface area contributed by atoms with Crippen molar-refractivity contribution in [2.24, 2.45) is 0 Å². The van der Waals surface area contributed by atoms with E-state index >= 15 is 0 Å². The second kappa shape index (κ2) is 13.3. The van der Waals surface area contributed by atoms with Crippen molar-refractivity contribution in [3.05, 3.63) is 78.1 Å². The maximum atomic E-state index is 12.6. The van der Waals surface area contributed by atoms with Gasteiger partial charge in [-0.1, -0.05) is 30.0 Å². The standard InChI is InChI=1S/C26H29N5O5S/c1-5-14-31-24(17(2)27-22(32)15-18-6-12-21(35-3)13-7-18)29-30-26(31)37-16-23(33)28-20-10-8-19(9-11-20)25(34)36-4/h5-13,17H,1,14-16H2,2-4H3,(H,27,32)(H,28,33)/t17-/m0/s1. The van der Waals surface area contributed by atoms with Crippen molar-refractivity contribution < 1.29 is 23.9 Å². The molecule has 0 saturated heterocycles. The van der Waals surface area contributed by atoms with Crippen LogP contribution in [0, 0.1) is 0 Å². The zero-order valence-corrected chi connectivity index (χ0v) is 21.7. The molecule has 3 aromatic rings. The molecule has 2 amide bonds. The highest BCUT2D eigenvalue weighted by Crippen LogP contribution is 2.22. The van der Waals surface area contributed by atoms with Crippen LogP contribution in [0.25, 0.3) is 0 Å². The van der Waals surface area contributed by atoms with Gasteiger partial charge in [0.15, 0.2) is 11.0 Å². The summed E-state index contributed by atoms with van der Waals surface area (Å²) in [6.45, 7) is 6.03. The van der Waals surface area contributed by atoms with Crippen molar-refractivity contribution in [2.45, 2.75) is 31.1 Å². The predicted molar refractivity (Wildman–Crippen MR) is 141 cm³/mol. The number of methoxy groups -OCH3 is 2. The minimum absolute atomic E-state index is 0.0895. The van der Waals surface area contributed by atoms with Gasteiger partial charge in [0.05, 0.1) is 38.0 Å². The normalized spacial score (nSPS) is 11.3. The fraction of sp³-hybridized carbons (Fsp3) is 0.269. The number of carbonyl (C=O) groups is 3. The smallest absolute Gasteiger partial charge is 0.337 e. The molecule has 0 spiro atoms. The third-order valence-electron chi connectivity index (χ3n) is 5.27. The summed E-state index contributed by atoms with van der Waals surface area (Å²) < 4.78 is 11.6. The molecule has 0 aliphatic carbocycles. The molecule has 1 heterocycles. The lowest BCUT2D eigenvalue weighted by atomic mass is 10.1. The maximum Gasteiger partial charge on any atom is 0.337 e. The van der Waals surface area contributed by atoms with Crippen LogP contribution in [0.3, 0.4) is 0 Å². The number of ether oxygens (including phenoxy) is 2. The SMILES string of the molecule is C=CCn1c(SCC(=O)Nc2ccc(C(=O)OC)cc2)nnc1[C@H](C)NC(=O)Cc1ccc(OC)cc1. The van der Waals surface area contributed by atoms with Gasteiger partial charge < -0.3 is 24.7 Å². The van der Waals surface area contributed by atoms with E-state index in [0.717, 1.165) is 11.3 Å². The van der Waals surface area contributed by atoms with E-state index in [4.69, 9.17) is 4.74 Å². The molecule has 3 rings (SSSR count). The van der Waals surface area contributed by atoms with Crippen LogP contribution in [0.5, 0.6) is 5.75 Å². The van der Waals surface area contributed by atoms with Crippen LogP contribution in [-0.2, 0) is 27.3 Å². The average Bonchev–Trinajstić information content (AvgIpc) is 3.30. The Morgan fingerprint density at radius 2 is 1.76 bits per heavy atom. The minimum Gasteiger partial charge on any atom is -0.497 e. The highest BCUT2D eigenvalue weighted by molar-refractivity contribution is 7.99. The fourth-order valence-electron chi connectivity index (χ4n) is 3.45. The van der Waals surface area contributed by atoms with Crippen molar-refractivity contribution in [3.8, 4) is 5.75 Å². The molecule has 10 nitrogen and oxygen atoms in total. The molecule has 0 radical (unpaired) electrons. The van der Waals surface area contributed by atoms with Gasteiger partial charge in [-0.2, -0.15) is 0 Å². The Balaban J connectivity index is 1.58. The van der Waals surface area contributed by atoms with Crippen LogP contribution in [0.4, 0.5) is 5.69 Å². The molecule has 0 unspecified atom stereocenters. The molecule has 1 aromatic heterocycles. The minimum atomic E-state index is -0.447. The summed E-state index contributed by atoms with van der Waals surface area (Å²) in [5.74, 6) is 0.530. The van der Waals surface area contributed by atoms with E-state index in [9.17, 15) is 14.4 Å². The van der Waals surface area contributed by atoms with E-state index in [1.807, 2.05) is 35.8 Å². The number of hydrogen-bond donors (Lipinski definition) is 2. The Bertz CT molecular complexity index is 1240. The summed E-state index contributed by atoms with van der Waals surface area (Å²) in [5, 5.41) is 14.7. The van der Waals surface area contributed by atoms with E-state index in [0.29, 0.717) is 28.8 Å². The first-order valence-corrected chi connectivity index (χ1v) is 12.4. The summed E-state index contributed by atoms with van der Waals surface area (Å²) in [7, 11) is 2.90. The molecular weight excluding hydrogens is 494 g/mol. The number of nitrogens with one attached hydrogen (secondary N) is 2. The van der Waals surface area contributed by atoms with Crippen LogP contribution in [0.1, 0.15) is 34.7 Å². The second-order valence-corrected chi connectivity index (χ2v) is 8.90. The van der Waals surface area contributed by atoms with Crippen LogP contribution in [0.2, 0.25) is 0 Å². The Hall–Kier alpha value is -4.12. The summed E-state index contributed by atoms with van der Waals surface area (Å²) in [6.07, 6.45) is 1.91. The number of rotatable bonds is 12. The molecule has 2 aromatic carbocycles. The molecule has 0 aliphatic heterocycles. The topological polar surface area (TPSA) is 124 Å². The van der Waals surface area contributed by atoms with Crippen LogP contribution >= 0.6 is 11.8 Å². The lowest BCUT2D eigenvalue weighted by Gasteiger charge is -2.15. The van der Waals surface area contributed by atoms with Crippen LogP contribution < -0.4 is 15.4 Å². The van der Waals surface area contributed by atoms with Crippen molar-refractivity contribution in [3.63, 3.8) is 0 Å². The third-order valence-corrected chi connectivity index (χ3v) is 6.23. The first-order valence-electron chi connectivity index (χ1n) is 11.4. The van der Waals surface area contributed by atoms with Gasteiger partial charge in [-0.25, -0.2) is 4.79 Å². The van der Waals surface area contributed by atoms with Gasteiger partial charge in [0.1, 0.15) is 5.75 Å². The molecule has 0 fully saturated rings. The van der Waals surface area contributed by atoms with Crippen molar-refractivity contribution in [1.29, 1.82) is 0 Å². The quantitative estimate of drug-likeness (QED) is 0.210. The van der Waals surface area contributed by atoms with Gasteiger partial charge in [0.25, 0.3) is 0 Å². The number of amides is 2. The largest absolute Gasteiger partial charge is 0.497 e. The van der Waals surface area contributed by atoms with E-state index in [-0.39, 0.29) is 24.0 Å². The molecule has 0 bridgehead atoms. The number of esters is 1. The lowest BCUT2D eigenvalue weighted by Crippen LogP contribution is -2.30. The number of anilines is 1. The summed E-state index contributed by atoms with van der Waals surface area (Å²) in [4.78, 5) is 36.6. The first-order chi connectivity index (χ1) is 17.8. The monoisotopic (exact) mass is 523 g/mol. The molecule has 0 saturated carbocycles. The van der Waals surface area contributed by atoms with Gasteiger partial charge in [-0.15, -0.1) is 16.8 Å². The summed E-state index contributed by atoms with van der Waals surface area (Å²) >= 11 is 1.22.